The van der Waals surface area contributed by atoms with Crippen molar-refractivity contribution in [2.75, 3.05) is 0 Å². The van der Waals surface area contributed by atoms with Gasteiger partial charge in [-0.2, -0.15) is 0 Å². The van der Waals surface area contributed by atoms with Crippen molar-refractivity contribution in [2.24, 2.45) is 0 Å². The van der Waals surface area contributed by atoms with Crippen molar-refractivity contribution < 1.29 is 19.1 Å². The zero-order valence-electron chi connectivity index (χ0n) is 17.8. The highest BCUT2D eigenvalue weighted by atomic mass is 16.5. The maximum absolute atomic E-state index is 12.1. The van der Waals surface area contributed by atoms with Crippen LogP contribution in [-0.2, 0) is 6.61 Å². The lowest BCUT2D eigenvalue weighted by Gasteiger charge is -2.13. The van der Waals surface area contributed by atoms with Gasteiger partial charge in [0.1, 0.15) is 23.6 Å². The number of furan rings is 1. The molecular weight excluding hydrogens is 402 g/mol. The van der Waals surface area contributed by atoms with E-state index in [0.717, 1.165) is 27.7 Å². The molecule has 0 bridgehead atoms. The van der Waals surface area contributed by atoms with Crippen LogP contribution in [0, 0.1) is 13.8 Å². The van der Waals surface area contributed by atoms with Crippen molar-refractivity contribution in [3.63, 3.8) is 0 Å². The third-order valence-electron chi connectivity index (χ3n) is 5.73. The number of nitrogens with zero attached hydrogens (tertiary/aromatic N) is 1. The smallest absolute Gasteiger partial charge is 0.336 e. The summed E-state index contributed by atoms with van der Waals surface area (Å²) in [5, 5.41) is 11.4. The average Bonchev–Trinajstić information content (AvgIpc) is 3.15. The predicted molar refractivity (Wildman–Crippen MR) is 124 cm³/mol. The van der Waals surface area contributed by atoms with Gasteiger partial charge in [0.25, 0.3) is 0 Å². The second-order valence-corrected chi connectivity index (χ2v) is 7.77. The molecule has 0 aliphatic carbocycles. The number of carboxylic acid groups (broad SMARTS) is 1. The zero-order valence-corrected chi connectivity index (χ0v) is 17.8. The minimum atomic E-state index is -1.01. The van der Waals surface area contributed by atoms with E-state index in [1.807, 2.05) is 68.4 Å². The molecule has 5 rings (SSSR count). The van der Waals surface area contributed by atoms with Crippen LogP contribution in [0.3, 0.4) is 0 Å². The van der Waals surface area contributed by atoms with Crippen LogP contribution in [0.15, 0.2) is 77.2 Å². The van der Waals surface area contributed by atoms with E-state index in [4.69, 9.17) is 14.1 Å². The molecule has 0 aliphatic rings. The fourth-order valence-electron chi connectivity index (χ4n) is 4.01. The van der Waals surface area contributed by atoms with Crippen LogP contribution in [0.2, 0.25) is 0 Å². The van der Waals surface area contributed by atoms with E-state index in [-0.39, 0.29) is 5.56 Å². The molecule has 2 aromatic heterocycles. The van der Waals surface area contributed by atoms with Gasteiger partial charge in [0, 0.05) is 21.9 Å². The van der Waals surface area contributed by atoms with Gasteiger partial charge in [-0.3, -0.25) is 0 Å². The molecule has 3 aromatic carbocycles. The first-order valence-corrected chi connectivity index (χ1v) is 10.4. The van der Waals surface area contributed by atoms with Gasteiger partial charge in [-0.15, -0.1) is 0 Å². The molecule has 0 radical (unpaired) electrons. The largest absolute Gasteiger partial charge is 0.489 e. The Balaban J connectivity index is 1.65. The third-order valence-corrected chi connectivity index (χ3v) is 5.73. The summed E-state index contributed by atoms with van der Waals surface area (Å²) in [7, 11) is 0. The molecule has 0 aliphatic heterocycles. The molecule has 0 saturated heterocycles. The predicted octanol–water partition coefficient (Wildman–Crippen LogP) is 6.54. The second kappa shape index (κ2) is 7.85. The molecule has 2 heterocycles. The SMILES string of the molecule is Cc1c(-c2cc(C(=O)O)c3ccc(OCc4ccccc4)c(C)c3n2)oc2ccccc12. The van der Waals surface area contributed by atoms with E-state index >= 15 is 0 Å². The van der Waals surface area contributed by atoms with E-state index in [2.05, 4.69) is 0 Å². The van der Waals surface area contributed by atoms with Crippen molar-refractivity contribution in [2.45, 2.75) is 20.5 Å². The number of ether oxygens (including phenoxy) is 1. The lowest BCUT2D eigenvalue weighted by molar-refractivity contribution is 0.0699. The summed E-state index contributed by atoms with van der Waals surface area (Å²) in [5.74, 6) is 0.235. The number of hydrogen-bond acceptors (Lipinski definition) is 4. The first-order chi connectivity index (χ1) is 15.5. The van der Waals surface area contributed by atoms with Crippen LogP contribution in [0.25, 0.3) is 33.3 Å². The number of fused-ring (bicyclic) bond motifs is 2. The molecule has 0 amide bonds. The van der Waals surface area contributed by atoms with Gasteiger partial charge < -0.3 is 14.3 Å². The summed E-state index contributed by atoms with van der Waals surface area (Å²) in [4.78, 5) is 16.9. The fraction of sp³-hybridized carbons (Fsp3) is 0.111. The number of aromatic nitrogens is 1. The second-order valence-electron chi connectivity index (χ2n) is 7.77. The summed E-state index contributed by atoms with van der Waals surface area (Å²) < 4.78 is 12.1. The first-order valence-electron chi connectivity index (χ1n) is 10.4. The highest BCUT2D eigenvalue weighted by Crippen LogP contribution is 2.36. The lowest BCUT2D eigenvalue weighted by Crippen LogP contribution is -2.03. The summed E-state index contributed by atoms with van der Waals surface area (Å²) in [6, 6.07) is 22.8. The quantitative estimate of drug-likeness (QED) is 0.347. The number of benzene rings is 3. The molecule has 5 nitrogen and oxygen atoms in total. The number of carbonyl (C=O) groups is 1. The van der Waals surface area contributed by atoms with Crippen molar-refractivity contribution in [3.8, 4) is 17.2 Å². The van der Waals surface area contributed by atoms with Gasteiger partial charge in [-0.05, 0) is 43.7 Å². The number of pyridine rings is 1. The van der Waals surface area contributed by atoms with Crippen molar-refractivity contribution in [1.82, 2.24) is 4.98 Å². The Bertz CT molecular complexity index is 1470. The molecular formula is C27H21NO4. The van der Waals surface area contributed by atoms with Crippen molar-refractivity contribution >= 4 is 27.8 Å². The number of rotatable bonds is 5. The Morgan fingerprint density at radius 1 is 0.938 bits per heavy atom. The van der Waals surface area contributed by atoms with Crippen molar-refractivity contribution in [3.05, 3.63) is 95.1 Å². The van der Waals surface area contributed by atoms with Crippen LogP contribution >= 0.6 is 0 Å². The normalized spacial score (nSPS) is 11.2. The van der Waals surface area contributed by atoms with Crippen molar-refractivity contribution in [1.29, 1.82) is 0 Å². The van der Waals surface area contributed by atoms with Gasteiger partial charge in [-0.25, -0.2) is 9.78 Å². The number of aryl methyl sites for hydroxylation is 2. The molecule has 0 saturated carbocycles. The minimum absolute atomic E-state index is 0.183. The van der Waals surface area contributed by atoms with Crippen LogP contribution < -0.4 is 4.74 Å². The maximum atomic E-state index is 12.1. The van der Waals surface area contributed by atoms with Gasteiger partial charge in [-0.1, -0.05) is 48.5 Å². The Morgan fingerprint density at radius 2 is 1.69 bits per heavy atom. The number of hydrogen-bond donors (Lipinski definition) is 1. The third kappa shape index (κ3) is 3.38. The number of para-hydroxylation sites is 1. The topological polar surface area (TPSA) is 72.6 Å². The highest BCUT2D eigenvalue weighted by molar-refractivity contribution is 6.05. The van der Waals surface area contributed by atoms with Crippen LogP contribution in [0.4, 0.5) is 0 Å². The molecule has 158 valence electrons. The number of carboxylic acids is 1. The Kier molecular flexibility index (Phi) is 4.86. The van der Waals surface area contributed by atoms with Crippen LogP contribution in [0.5, 0.6) is 5.75 Å². The van der Waals surface area contributed by atoms with Gasteiger partial charge in [0.2, 0.25) is 0 Å². The first kappa shape index (κ1) is 19.8. The molecule has 5 aromatic rings. The Morgan fingerprint density at radius 3 is 2.44 bits per heavy atom. The van der Waals surface area contributed by atoms with E-state index in [9.17, 15) is 9.90 Å². The molecule has 1 N–H and O–H groups in total. The van der Waals surface area contributed by atoms with E-state index in [1.165, 1.54) is 0 Å². The van der Waals surface area contributed by atoms with E-state index in [0.29, 0.717) is 34.7 Å². The Labute approximate surface area is 184 Å². The Hall–Kier alpha value is -4.12. The monoisotopic (exact) mass is 423 g/mol. The van der Waals surface area contributed by atoms with Crippen LogP contribution in [-0.4, -0.2) is 16.1 Å². The molecule has 0 atom stereocenters. The van der Waals surface area contributed by atoms with E-state index in [1.54, 1.807) is 18.2 Å². The van der Waals surface area contributed by atoms with Gasteiger partial charge in [0.15, 0.2) is 5.76 Å². The van der Waals surface area contributed by atoms with Gasteiger partial charge in [0.05, 0.1) is 11.1 Å². The zero-order chi connectivity index (χ0) is 22.2. The molecule has 5 heteroatoms. The summed E-state index contributed by atoms with van der Waals surface area (Å²) in [6.07, 6.45) is 0. The minimum Gasteiger partial charge on any atom is -0.489 e. The number of aromatic carboxylic acids is 1. The average molecular weight is 423 g/mol. The highest BCUT2D eigenvalue weighted by Gasteiger charge is 2.20. The standard InChI is InChI=1S/C27H21NO4/c1-16-19-10-6-7-11-24(19)32-26(16)22-14-21(27(29)30)20-12-13-23(17(2)25(20)28-22)31-15-18-8-4-3-5-9-18/h3-14H,15H2,1-2H3,(H,29,30). The van der Waals surface area contributed by atoms with E-state index < -0.39 is 5.97 Å². The van der Waals surface area contributed by atoms with Crippen LogP contribution in [0.1, 0.15) is 27.0 Å². The summed E-state index contributed by atoms with van der Waals surface area (Å²) >= 11 is 0. The maximum Gasteiger partial charge on any atom is 0.336 e. The lowest BCUT2D eigenvalue weighted by atomic mass is 10.0. The summed E-state index contributed by atoms with van der Waals surface area (Å²) in [6.45, 7) is 4.28. The molecule has 32 heavy (non-hydrogen) atoms. The fourth-order valence-corrected chi connectivity index (χ4v) is 4.01. The molecule has 0 spiro atoms. The molecule has 0 unspecified atom stereocenters. The molecule has 0 fully saturated rings. The van der Waals surface area contributed by atoms with Gasteiger partial charge >= 0.3 is 5.97 Å². The summed E-state index contributed by atoms with van der Waals surface area (Å²) in [5.41, 5.74) is 4.78.